The number of anilines is 1. The Hall–Kier alpha value is -1.55. The van der Waals surface area contributed by atoms with Crippen LogP contribution in [0.15, 0.2) is 24.4 Å². The molecule has 3 rings (SSSR count). The summed E-state index contributed by atoms with van der Waals surface area (Å²) in [6, 6.07) is 6.38. The second-order valence-electron chi connectivity index (χ2n) is 4.61. The molecule has 2 heterocycles. The van der Waals surface area contributed by atoms with Gasteiger partial charge in [-0.2, -0.15) is 0 Å². The van der Waals surface area contributed by atoms with Crippen LogP contribution in [0.5, 0.6) is 5.75 Å². The summed E-state index contributed by atoms with van der Waals surface area (Å²) in [6.45, 7) is 6.73. The van der Waals surface area contributed by atoms with Crippen LogP contribution in [0, 0.1) is 13.8 Å². The molecule has 1 aliphatic heterocycles. The molecule has 0 atom stereocenters. The maximum atomic E-state index is 5.72. The van der Waals surface area contributed by atoms with Crippen LogP contribution >= 0.6 is 11.3 Å². The average Bonchev–Trinajstić information content (AvgIpc) is 2.75. The first-order chi connectivity index (χ1) is 8.72. The fourth-order valence-electron chi connectivity index (χ4n) is 2.19. The zero-order chi connectivity index (χ0) is 12.5. The average molecular weight is 260 g/mol. The van der Waals surface area contributed by atoms with Gasteiger partial charge in [-0.1, -0.05) is 6.07 Å². The Labute approximate surface area is 111 Å². The summed E-state index contributed by atoms with van der Waals surface area (Å²) in [5.74, 6) is 0.995. The molecule has 1 aromatic heterocycles. The first-order valence-corrected chi connectivity index (χ1v) is 6.94. The Morgan fingerprint density at radius 3 is 3.06 bits per heavy atom. The number of fused-ring (bicyclic) bond motifs is 1. The first kappa shape index (κ1) is 11.5. The van der Waals surface area contributed by atoms with E-state index in [0.29, 0.717) is 0 Å². The molecule has 3 nitrogen and oxygen atoms in total. The van der Waals surface area contributed by atoms with Gasteiger partial charge in [-0.25, -0.2) is 4.98 Å². The standard InChI is InChI=1S/C14H16N2OS/c1-10-3-4-12-13(7-10)17-6-5-16(12)9-14-15-8-11(2)18-14/h3-4,7-8H,5-6,9H2,1-2H3. The van der Waals surface area contributed by atoms with Crippen molar-refractivity contribution in [2.75, 3.05) is 18.1 Å². The zero-order valence-electron chi connectivity index (χ0n) is 10.6. The zero-order valence-corrected chi connectivity index (χ0v) is 11.5. The van der Waals surface area contributed by atoms with Crippen LogP contribution in [0.4, 0.5) is 5.69 Å². The largest absolute Gasteiger partial charge is 0.490 e. The summed E-state index contributed by atoms with van der Waals surface area (Å²) < 4.78 is 5.72. The Morgan fingerprint density at radius 2 is 2.28 bits per heavy atom. The van der Waals surface area contributed by atoms with Crippen LogP contribution in [0.3, 0.4) is 0 Å². The van der Waals surface area contributed by atoms with Gasteiger partial charge in [0.25, 0.3) is 0 Å². The van der Waals surface area contributed by atoms with Gasteiger partial charge in [0, 0.05) is 11.1 Å². The molecule has 2 aromatic rings. The third-order valence-corrected chi connectivity index (χ3v) is 3.97. The maximum Gasteiger partial charge on any atom is 0.142 e. The highest BCUT2D eigenvalue weighted by Crippen LogP contribution is 2.33. The van der Waals surface area contributed by atoms with Crippen molar-refractivity contribution in [1.82, 2.24) is 4.98 Å². The lowest BCUT2D eigenvalue weighted by molar-refractivity contribution is 0.306. The Morgan fingerprint density at radius 1 is 1.39 bits per heavy atom. The van der Waals surface area contributed by atoms with Crippen LogP contribution in [-0.2, 0) is 6.54 Å². The number of nitrogens with zero attached hydrogens (tertiary/aromatic N) is 2. The quantitative estimate of drug-likeness (QED) is 0.829. The van der Waals surface area contributed by atoms with E-state index in [1.54, 1.807) is 11.3 Å². The highest BCUT2D eigenvalue weighted by atomic mass is 32.1. The van der Waals surface area contributed by atoms with Crippen molar-refractivity contribution in [2.45, 2.75) is 20.4 Å². The fraction of sp³-hybridized carbons (Fsp3) is 0.357. The van der Waals surface area contributed by atoms with Crippen LogP contribution in [0.2, 0.25) is 0 Å². The minimum absolute atomic E-state index is 0.751. The summed E-state index contributed by atoms with van der Waals surface area (Å²) in [6.07, 6.45) is 1.94. The molecule has 0 saturated heterocycles. The van der Waals surface area contributed by atoms with Gasteiger partial charge >= 0.3 is 0 Å². The Bertz CT molecular complexity index is 565. The van der Waals surface area contributed by atoms with E-state index >= 15 is 0 Å². The van der Waals surface area contributed by atoms with Crippen molar-refractivity contribution < 1.29 is 4.74 Å². The lowest BCUT2D eigenvalue weighted by atomic mass is 10.1. The Kier molecular flexibility index (Phi) is 2.96. The molecule has 0 unspecified atom stereocenters. The molecule has 0 N–H and O–H groups in total. The van der Waals surface area contributed by atoms with Crippen LogP contribution in [0.25, 0.3) is 0 Å². The van der Waals surface area contributed by atoms with Crippen LogP contribution in [0.1, 0.15) is 15.4 Å². The van der Waals surface area contributed by atoms with E-state index in [1.165, 1.54) is 21.1 Å². The number of hydrogen-bond acceptors (Lipinski definition) is 4. The number of aromatic nitrogens is 1. The van der Waals surface area contributed by atoms with Gasteiger partial charge in [0.2, 0.25) is 0 Å². The van der Waals surface area contributed by atoms with Gasteiger partial charge in [0.15, 0.2) is 0 Å². The van der Waals surface area contributed by atoms with Gasteiger partial charge in [-0.15, -0.1) is 11.3 Å². The molecule has 0 bridgehead atoms. The molecule has 0 saturated carbocycles. The van der Waals surface area contributed by atoms with Gasteiger partial charge < -0.3 is 9.64 Å². The van der Waals surface area contributed by atoms with E-state index in [0.717, 1.165) is 25.4 Å². The minimum atomic E-state index is 0.751. The van der Waals surface area contributed by atoms with E-state index in [9.17, 15) is 0 Å². The SMILES string of the molecule is Cc1ccc2c(c1)OCCN2Cc1ncc(C)s1. The van der Waals surface area contributed by atoms with Crippen molar-refractivity contribution in [2.24, 2.45) is 0 Å². The molecule has 0 aliphatic carbocycles. The smallest absolute Gasteiger partial charge is 0.142 e. The third kappa shape index (κ3) is 2.20. The van der Waals surface area contributed by atoms with E-state index in [4.69, 9.17) is 4.74 Å². The molecule has 0 spiro atoms. The number of ether oxygens (including phenoxy) is 1. The second-order valence-corrected chi connectivity index (χ2v) is 5.93. The molecular formula is C14H16N2OS. The molecule has 0 radical (unpaired) electrons. The van der Waals surface area contributed by atoms with Gasteiger partial charge in [-0.05, 0) is 31.5 Å². The maximum absolute atomic E-state index is 5.72. The topological polar surface area (TPSA) is 25.4 Å². The molecule has 0 fully saturated rings. The molecule has 94 valence electrons. The summed E-state index contributed by atoms with van der Waals surface area (Å²) >= 11 is 1.77. The van der Waals surface area contributed by atoms with Crippen molar-refractivity contribution in [3.8, 4) is 5.75 Å². The van der Waals surface area contributed by atoms with Crippen molar-refractivity contribution in [3.05, 3.63) is 39.8 Å². The van der Waals surface area contributed by atoms with Crippen molar-refractivity contribution >= 4 is 17.0 Å². The molecule has 1 aliphatic rings. The number of benzene rings is 1. The monoisotopic (exact) mass is 260 g/mol. The highest BCUT2D eigenvalue weighted by Gasteiger charge is 2.18. The van der Waals surface area contributed by atoms with E-state index in [-0.39, 0.29) is 0 Å². The van der Waals surface area contributed by atoms with Gasteiger partial charge in [0.1, 0.15) is 17.4 Å². The number of hydrogen-bond donors (Lipinski definition) is 0. The number of thiazole rings is 1. The van der Waals surface area contributed by atoms with E-state index < -0.39 is 0 Å². The second kappa shape index (κ2) is 4.61. The molecule has 0 amide bonds. The molecule has 1 aromatic carbocycles. The molecule has 18 heavy (non-hydrogen) atoms. The van der Waals surface area contributed by atoms with Gasteiger partial charge in [0.05, 0.1) is 18.8 Å². The van der Waals surface area contributed by atoms with E-state index in [2.05, 4.69) is 41.9 Å². The van der Waals surface area contributed by atoms with Crippen molar-refractivity contribution in [3.63, 3.8) is 0 Å². The first-order valence-electron chi connectivity index (χ1n) is 6.12. The third-order valence-electron chi connectivity index (χ3n) is 3.07. The van der Waals surface area contributed by atoms with Crippen LogP contribution < -0.4 is 9.64 Å². The predicted molar refractivity (Wildman–Crippen MR) is 74.6 cm³/mol. The number of aryl methyl sites for hydroxylation is 2. The normalized spacial score (nSPS) is 14.2. The van der Waals surface area contributed by atoms with Crippen LogP contribution in [-0.4, -0.2) is 18.1 Å². The van der Waals surface area contributed by atoms with Gasteiger partial charge in [-0.3, -0.25) is 0 Å². The minimum Gasteiger partial charge on any atom is -0.490 e. The molecular weight excluding hydrogens is 244 g/mol. The summed E-state index contributed by atoms with van der Waals surface area (Å²) in [7, 11) is 0. The molecule has 4 heteroatoms. The lowest BCUT2D eigenvalue weighted by Gasteiger charge is -2.30. The lowest BCUT2D eigenvalue weighted by Crippen LogP contribution is -2.32. The van der Waals surface area contributed by atoms with E-state index in [1.807, 2.05) is 6.20 Å². The summed E-state index contributed by atoms with van der Waals surface area (Å²) in [5.41, 5.74) is 2.42. The summed E-state index contributed by atoms with van der Waals surface area (Å²) in [5, 5.41) is 1.17. The Balaban J connectivity index is 1.87. The van der Waals surface area contributed by atoms with Crippen molar-refractivity contribution in [1.29, 1.82) is 0 Å². The number of rotatable bonds is 2. The fourth-order valence-corrected chi connectivity index (χ4v) is 2.99. The predicted octanol–water partition coefficient (Wildman–Crippen LogP) is 3.16. The summed E-state index contributed by atoms with van der Waals surface area (Å²) in [4.78, 5) is 8.05. The highest BCUT2D eigenvalue weighted by molar-refractivity contribution is 7.11.